The van der Waals surface area contributed by atoms with Gasteiger partial charge in [-0.3, -0.25) is 19.2 Å². The third kappa shape index (κ3) is 6.76. The second kappa shape index (κ2) is 12.5. The highest BCUT2D eigenvalue weighted by atomic mass is 32.1. The number of hydrogen-bond acceptors (Lipinski definition) is 9. The summed E-state index contributed by atoms with van der Waals surface area (Å²) in [7, 11) is 0. The second-order valence-corrected chi connectivity index (χ2v) is 11.4. The van der Waals surface area contributed by atoms with E-state index < -0.39 is 12.1 Å². The van der Waals surface area contributed by atoms with Crippen molar-refractivity contribution in [1.29, 1.82) is 0 Å². The van der Waals surface area contributed by atoms with Gasteiger partial charge in [-0.25, -0.2) is 15.0 Å². The number of benzene rings is 1. The first kappa shape index (κ1) is 28.3. The molecular weight excluding hydrogens is 542 g/mol. The molecule has 12 heteroatoms. The number of rotatable bonds is 10. The highest BCUT2D eigenvalue weighted by molar-refractivity contribution is 7.11. The van der Waals surface area contributed by atoms with Crippen molar-refractivity contribution in [2.75, 3.05) is 18.8 Å². The summed E-state index contributed by atoms with van der Waals surface area (Å²) >= 11 is 1.21. The van der Waals surface area contributed by atoms with Crippen LogP contribution in [0.15, 0.2) is 48.0 Å². The minimum absolute atomic E-state index is 0.0517. The first-order chi connectivity index (χ1) is 19.8. The van der Waals surface area contributed by atoms with Crippen molar-refractivity contribution in [2.24, 2.45) is 0 Å². The number of aryl methyl sites for hydroxylation is 3. The number of nitrogen functional groups attached to an aromatic ring is 1. The number of carbonyl (C=O) groups is 4. The normalized spacial score (nSPS) is 19.1. The van der Waals surface area contributed by atoms with E-state index in [-0.39, 0.29) is 48.5 Å². The fourth-order valence-electron chi connectivity index (χ4n) is 5.61. The number of ketones is 1. The van der Waals surface area contributed by atoms with Crippen LogP contribution in [0.4, 0.5) is 5.95 Å². The van der Waals surface area contributed by atoms with E-state index in [0.29, 0.717) is 55.0 Å². The third-order valence-corrected chi connectivity index (χ3v) is 8.35. The maximum atomic E-state index is 13.5. The van der Waals surface area contributed by atoms with Gasteiger partial charge in [0, 0.05) is 35.9 Å². The summed E-state index contributed by atoms with van der Waals surface area (Å²) in [6.45, 7) is 2.16. The van der Waals surface area contributed by atoms with E-state index in [1.165, 1.54) is 11.3 Å². The maximum absolute atomic E-state index is 13.5. The highest BCUT2D eigenvalue weighted by Crippen LogP contribution is 2.29. The van der Waals surface area contributed by atoms with Crippen molar-refractivity contribution >= 4 is 40.8 Å². The molecule has 2 aliphatic heterocycles. The van der Waals surface area contributed by atoms with Gasteiger partial charge in [0.05, 0.1) is 18.6 Å². The van der Waals surface area contributed by atoms with Crippen molar-refractivity contribution in [1.82, 2.24) is 30.1 Å². The molecule has 2 fully saturated rings. The number of nitrogens with two attached hydrogens (primary N) is 1. The minimum Gasteiger partial charge on any atom is -0.368 e. The number of nitrogens with zero attached hydrogens (tertiary/aromatic N) is 5. The number of fused-ring (bicyclic) bond motifs is 1. The van der Waals surface area contributed by atoms with Gasteiger partial charge in [-0.05, 0) is 50.7 Å². The van der Waals surface area contributed by atoms with Gasteiger partial charge in [0.1, 0.15) is 6.04 Å². The number of amides is 3. The Hall–Kier alpha value is -4.19. The molecular formula is C29H33N7O4S. The molecule has 11 nitrogen and oxygen atoms in total. The zero-order valence-corrected chi connectivity index (χ0v) is 23.7. The summed E-state index contributed by atoms with van der Waals surface area (Å²) in [6.07, 6.45) is 4.24. The van der Waals surface area contributed by atoms with Crippen molar-refractivity contribution in [3.05, 3.63) is 69.9 Å². The number of anilines is 1. The van der Waals surface area contributed by atoms with Crippen LogP contribution in [-0.4, -0.2) is 79.5 Å². The lowest BCUT2D eigenvalue weighted by Gasteiger charge is -2.39. The average molecular weight is 576 g/mol. The largest absolute Gasteiger partial charge is 0.368 e. The van der Waals surface area contributed by atoms with Gasteiger partial charge in [0.2, 0.25) is 29.5 Å². The molecule has 0 saturated carbocycles. The van der Waals surface area contributed by atoms with Crippen molar-refractivity contribution < 1.29 is 19.2 Å². The molecule has 4 heterocycles. The molecule has 0 spiro atoms. The van der Waals surface area contributed by atoms with Crippen LogP contribution < -0.4 is 11.1 Å². The number of Topliss-reactive ketones (excluding diaryl/α,β-unsaturated/α-hetero) is 1. The van der Waals surface area contributed by atoms with Crippen LogP contribution in [0.2, 0.25) is 0 Å². The van der Waals surface area contributed by atoms with E-state index in [2.05, 4.69) is 20.3 Å². The van der Waals surface area contributed by atoms with Crippen LogP contribution in [0.3, 0.4) is 0 Å². The molecule has 3 unspecified atom stereocenters. The topological polar surface area (TPSA) is 151 Å². The lowest BCUT2D eigenvalue weighted by atomic mass is 10.0. The lowest BCUT2D eigenvalue weighted by Crippen LogP contribution is -2.60. The molecule has 1 aromatic carbocycles. The SMILES string of the molecule is Cc1cc(CCC(NC(=O)C2CCC3CN(C(=O)CCc4ccccc4)CC(=O)N32)C(=O)c2nccs2)nc(N)n1. The Labute approximate surface area is 242 Å². The van der Waals surface area contributed by atoms with E-state index >= 15 is 0 Å². The Morgan fingerprint density at radius 3 is 2.68 bits per heavy atom. The Morgan fingerprint density at radius 2 is 1.95 bits per heavy atom. The number of piperazine rings is 1. The van der Waals surface area contributed by atoms with Crippen molar-refractivity contribution in [3.8, 4) is 0 Å². The monoisotopic (exact) mass is 575 g/mol. The number of hydrogen-bond donors (Lipinski definition) is 2. The molecule has 3 aromatic rings. The minimum atomic E-state index is -0.847. The van der Waals surface area contributed by atoms with Gasteiger partial charge < -0.3 is 20.9 Å². The Balaban J connectivity index is 1.22. The molecule has 3 N–H and O–H groups in total. The van der Waals surface area contributed by atoms with Gasteiger partial charge in [-0.15, -0.1) is 11.3 Å². The molecule has 0 aliphatic carbocycles. The third-order valence-electron chi connectivity index (χ3n) is 7.56. The summed E-state index contributed by atoms with van der Waals surface area (Å²) in [6, 6.07) is 9.79. The van der Waals surface area contributed by atoms with Crippen LogP contribution >= 0.6 is 11.3 Å². The van der Waals surface area contributed by atoms with E-state index in [9.17, 15) is 19.2 Å². The molecule has 2 aliphatic rings. The fraction of sp³-hybridized carbons (Fsp3) is 0.414. The van der Waals surface area contributed by atoms with Gasteiger partial charge in [-0.1, -0.05) is 30.3 Å². The molecule has 2 saturated heterocycles. The first-order valence-electron chi connectivity index (χ1n) is 13.8. The summed E-state index contributed by atoms with van der Waals surface area (Å²) in [5, 5.41) is 4.91. The Morgan fingerprint density at radius 1 is 1.15 bits per heavy atom. The standard InChI is InChI=1S/C29H33N7O4S/c1-18-15-20(33-29(30)32-18)8-10-22(26(39)28-31-13-14-41-28)34-27(40)23-11-9-21-16-35(17-25(38)36(21)23)24(37)12-7-19-5-3-2-4-6-19/h2-6,13-15,21-23H,7-12,16-17H2,1H3,(H,34,40)(H2,30,32,33). The predicted molar refractivity (Wildman–Crippen MR) is 153 cm³/mol. The molecule has 5 rings (SSSR count). The van der Waals surface area contributed by atoms with Crippen molar-refractivity contribution in [2.45, 2.75) is 63.6 Å². The number of thiazole rings is 1. The fourth-order valence-corrected chi connectivity index (χ4v) is 6.25. The highest BCUT2D eigenvalue weighted by Gasteiger charge is 2.46. The number of nitrogens with one attached hydrogen (secondary N) is 1. The lowest BCUT2D eigenvalue weighted by molar-refractivity contribution is -0.151. The summed E-state index contributed by atoms with van der Waals surface area (Å²) < 4.78 is 0. The van der Waals surface area contributed by atoms with Crippen LogP contribution in [-0.2, 0) is 27.2 Å². The van der Waals surface area contributed by atoms with E-state index in [4.69, 9.17) is 5.73 Å². The molecule has 3 amide bonds. The molecule has 214 valence electrons. The van der Waals surface area contributed by atoms with Crippen LogP contribution in [0, 0.1) is 6.92 Å². The van der Waals surface area contributed by atoms with Gasteiger partial charge >= 0.3 is 0 Å². The van der Waals surface area contributed by atoms with Crippen LogP contribution in [0.1, 0.15) is 52.4 Å². The number of aromatic nitrogens is 3. The van der Waals surface area contributed by atoms with E-state index in [1.54, 1.807) is 27.4 Å². The first-order valence-corrected chi connectivity index (χ1v) is 14.6. The quantitative estimate of drug-likeness (QED) is 0.348. The summed E-state index contributed by atoms with van der Waals surface area (Å²) in [5.74, 6) is -0.828. The molecule has 0 bridgehead atoms. The average Bonchev–Trinajstić information content (AvgIpc) is 3.64. The molecule has 3 atom stereocenters. The zero-order chi connectivity index (χ0) is 28.9. The van der Waals surface area contributed by atoms with Crippen LogP contribution in [0.5, 0.6) is 0 Å². The maximum Gasteiger partial charge on any atom is 0.243 e. The zero-order valence-electron chi connectivity index (χ0n) is 22.9. The molecule has 2 aromatic heterocycles. The van der Waals surface area contributed by atoms with Gasteiger partial charge in [-0.2, -0.15) is 0 Å². The van der Waals surface area contributed by atoms with E-state index in [1.807, 2.05) is 37.3 Å². The Bertz CT molecular complexity index is 1400. The van der Waals surface area contributed by atoms with Crippen molar-refractivity contribution in [3.63, 3.8) is 0 Å². The Kier molecular flexibility index (Phi) is 8.67. The molecule has 41 heavy (non-hydrogen) atoms. The smallest absolute Gasteiger partial charge is 0.243 e. The summed E-state index contributed by atoms with van der Waals surface area (Å²) in [5.41, 5.74) is 8.24. The van der Waals surface area contributed by atoms with Gasteiger partial charge in [0.15, 0.2) is 5.01 Å². The van der Waals surface area contributed by atoms with Crippen LogP contribution in [0.25, 0.3) is 0 Å². The predicted octanol–water partition coefficient (Wildman–Crippen LogP) is 1.96. The molecule has 0 radical (unpaired) electrons. The van der Waals surface area contributed by atoms with E-state index in [0.717, 1.165) is 5.56 Å². The second-order valence-electron chi connectivity index (χ2n) is 10.5. The number of carbonyl (C=O) groups excluding carboxylic acids is 4. The van der Waals surface area contributed by atoms with Gasteiger partial charge in [0.25, 0.3) is 0 Å². The summed E-state index contributed by atoms with van der Waals surface area (Å²) in [4.78, 5) is 68.6.